The van der Waals surface area contributed by atoms with Crippen LogP contribution in [-0.2, 0) is 65.4 Å². The Hall–Kier alpha value is -1.94. The molecule has 0 saturated heterocycles. The van der Waals surface area contributed by atoms with Gasteiger partial charge < -0.3 is 33.8 Å². The van der Waals surface area contributed by atoms with Crippen LogP contribution in [0, 0.1) is 11.8 Å². The molecule has 0 aliphatic rings. The van der Waals surface area contributed by atoms with Crippen LogP contribution in [0.3, 0.4) is 0 Å². The highest BCUT2D eigenvalue weighted by Gasteiger charge is 2.30. The molecule has 93 heavy (non-hydrogen) atoms. The van der Waals surface area contributed by atoms with Gasteiger partial charge in [0.25, 0.3) is 0 Å². The molecule has 0 heterocycles. The molecule has 0 aliphatic carbocycles. The van der Waals surface area contributed by atoms with Crippen LogP contribution in [0.15, 0.2) is 0 Å². The second kappa shape index (κ2) is 66.0. The predicted molar refractivity (Wildman–Crippen MR) is 377 cm³/mol. The second-order valence-corrected chi connectivity index (χ2v) is 30.3. The van der Waals surface area contributed by atoms with Gasteiger partial charge in [0.1, 0.15) is 19.3 Å². The monoisotopic (exact) mass is 1370 g/mol. The number of hydrogen-bond acceptors (Lipinski definition) is 15. The van der Waals surface area contributed by atoms with E-state index in [1.54, 1.807) is 0 Å². The Labute approximate surface area is 568 Å². The Morgan fingerprint density at radius 1 is 0.312 bits per heavy atom. The van der Waals surface area contributed by atoms with Crippen molar-refractivity contribution in [3.8, 4) is 0 Å². The van der Waals surface area contributed by atoms with E-state index >= 15 is 0 Å². The average Bonchev–Trinajstić information content (AvgIpc) is 2.13. The molecule has 0 saturated carbocycles. The molecule has 0 aromatic carbocycles. The number of aliphatic hydroxyl groups is 1. The fourth-order valence-electron chi connectivity index (χ4n) is 11.3. The van der Waals surface area contributed by atoms with E-state index in [9.17, 15) is 43.2 Å². The van der Waals surface area contributed by atoms with Crippen LogP contribution in [-0.4, -0.2) is 96.7 Å². The Balaban J connectivity index is 5.08. The van der Waals surface area contributed by atoms with Crippen molar-refractivity contribution in [2.24, 2.45) is 11.8 Å². The van der Waals surface area contributed by atoms with Crippen molar-refractivity contribution < 1.29 is 80.2 Å². The summed E-state index contributed by atoms with van der Waals surface area (Å²) in [4.78, 5) is 72.3. The number of ether oxygens (including phenoxy) is 4. The van der Waals surface area contributed by atoms with E-state index in [1.165, 1.54) is 186 Å². The maximum atomic E-state index is 13.1. The van der Waals surface area contributed by atoms with E-state index in [0.29, 0.717) is 25.7 Å². The first kappa shape index (κ1) is 91.1. The van der Waals surface area contributed by atoms with Crippen molar-refractivity contribution >= 4 is 39.5 Å². The minimum atomic E-state index is -4.95. The van der Waals surface area contributed by atoms with Gasteiger partial charge in [0.15, 0.2) is 12.2 Å². The minimum absolute atomic E-state index is 0.104. The van der Waals surface area contributed by atoms with E-state index in [4.69, 9.17) is 37.0 Å². The van der Waals surface area contributed by atoms with E-state index < -0.39 is 97.5 Å². The van der Waals surface area contributed by atoms with Gasteiger partial charge in [-0.2, -0.15) is 0 Å². The molecule has 0 aliphatic heterocycles. The molecule has 0 bridgehead atoms. The summed E-state index contributed by atoms with van der Waals surface area (Å²) in [6.07, 6.45) is 53.3. The highest BCUT2D eigenvalue weighted by Crippen LogP contribution is 2.45. The summed E-state index contributed by atoms with van der Waals surface area (Å²) in [7, 11) is -9.89. The van der Waals surface area contributed by atoms with E-state index in [-0.39, 0.29) is 25.7 Å². The van der Waals surface area contributed by atoms with Crippen molar-refractivity contribution in [2.75, 3.05) is 39.6 Å². The SMILES string of the molecule is CCCCCCCCCCC(=O)O[C@H](COC(=O)CCCCCCC)COP(=O)(O)OC[C@H](O)COP(=O)(O)OC[C@@H](COC(=O)CCCCCCCCCCCCCCCCCC(C)C)OC(=O)CCCCCCCCCCCCCCCCCCCCC(C)CC. The molecule has 552 valence electrons. The first-order chi connectivity index (χ1) is 44.9. The summed E-state index contributed by atoms with van der Waals surface area (Å²) in [5.41, 5.74) is 0. The third kappa shape index (κ3) is 67.0. The number of rotatable bonds is 73. The largest absolute Gasteiger partial charge is 0.472 e. The number of phosphoric ester groups is 2. The number of hydrogen-bond donors (Lipinski definition) is 3. The van der Waals surface area contributed by atoms with Crippen LogP contribution in [0.2, 0.25) is 0 Å². The molecule has 0 radical (unpaired) electrons. The van der Waals surface area contributed by atoms with Crippen LogP contribution < -0.4 is 0 Å². The fraction of sp³-hybridized carbons (Fsp3) is 0.946. The fourth-order valence-corrected chi connectivity index (χ4v) is 12.8. The topological polar surface area (TPSA) is 237 Å². The number of carbonyl (C=O) groups is 4. The first-order valence-electron chi connectivity index (χ1n) is 38.5. The molecule has 0 amide bonds. The number of carbonyl (C=O) groups excluding carboxylic acids is 4. The van der Waals surface area contributed by atoms with Crippen LogP contribution in [0.25, 0.3) is 0 Å². The molecule has 0 spiro atoms. The van der Waals surface area contributed by atoms with Crippen molar-refractivity contribution in [2.45, 2.75) is 400 Å². The van der Waals surface area contributed by atoms with Gasteiger partial charge in [-0.05, 0) is 37.5 Å². The van der Waals surface area contributed by atoms with Crippen LogP contribution in [0.5, 0.6) is 0 Å². The predicted octanol–water partition coefficient (Wildman–Crippen LogP) is 21.6. The van der Waals surface area contributed by atoms with Gasteiger partial charge in [-0.25, -0.2) is 9.13 Å². The van der Waals surface area contributed by atoms with Gasteiger partial charge in [-0.3, -0.25) is 37.3 Å². The highest BCUT2D eigenvalue weighted by molar-refractivity contribution is 7.47. The summed E-state index contributed by atoms with van der Waals surface area (Å²) in [5, 5.41) is 10.6. The minimum Gasteiger partial charge on any atom is -0.462 e. The van der Waals surface area contributed by atoms with Crippen molar-refractivity contribution in [3.05, 3.63) is 0 Å². The zero-order chi connectivity index (χ0) is 68.6. The third-order valence-corrected chi connectivity index (χ3v) is 19.5. The molecule has 6 atom stereocenters. The molecule has 0 aromatic rings. The average molecular weight is 1370 g/mol. The Morgan fingerprint density at radius 2 is 0.548 bits per heavy atom. The zero-order valence-corrected chi connectivity index (χ0v) is 62.3. The maximum absolute atomic E-state index is 13.1. The quantitative estimate of drug-likeness (QED) is 0.0222. The first-order valence-corrected chi connectivity index (χ1v) is 41.5. The van der Waals surface area contributed by atoms with Crippen molar-refractivity contribution in [1.82, 2.24) is 0 Å². The van der Waals surface area contributed by atoms with Gasteiger partial charge in [-0.1, -0.05) is 330 Å². The molecular weight excluding hydrogens is 1220 g/mol. The summed E-state index contributed by atoms with van der Waals surface area (Å²) in [6, 6.07) is 0. The standard InChI is InChI=1S/C74H144O17P2/c1-7-10-12-14-15-39-46-52-58-73(78)90-69(62-84-71(76)56-50-42-13-11-8-2)64-88-92(80,81)86-60-68(75)61-87-93(82,83)89-65-70(63-85-72(77)57-51-45-40-35-31-27-24-20-21-25-29-33-37-43-48-54-66(4)5)91-74(79)59-53-47-41-36-32-28-23-19-17-16-18-22-26-30-34-38-44-49-55-67(6)9-3/h66-70,75H,7-65H2,1-6H3,(H,80,81)(H,82,83)/t67?,68-,69+,70+/m0/s1. The molecule has 0 rings (SSSR count). The number of aliphatic hydroxyl groups excluding tert-OH is 1. The number of unbranched alkanes of at least 4 members (excludes halogenated alkanes) is 42. The highest BCUT2D eigenvalue weighted by atomic mass is 31.2. The van der Waals surface area contributed by atoms with Crippen LogP contribution in [0.1, 0.15) is 382 Å². The van der Waals surface area contributed by atoms with Gasteiger partial charge >= 0.3 is 39.5 Å². The normalized spacial score (nSPS) is 14.3. The van der Waals surface area contributed by atoms with Gasteiger partial charge in [0.2, 0.25) is 0 Å². The van der Waals surface area contributed by atoms with Crippen molar-refractivity contribution in [1.29, 1.82) is 0 Å². The second-order valence-electron chi connectivity index (χ2n) is 27.4. The van der Waals surface area contributed by atoms with Crippen LogP contribution in [0.4, 0.5) is 0 Å². The lowest BCUT2D eigenvalue weighted by molar-refractivity contribution is -0.161. The Bertz CT molecular complexity index is 1810. The molecule has 17 nitrogen and oxygen atoms in total. The van der Waals surface area contributed by atoms with Gasteiger partial charge in [-0.15, -0.1) is 0 Å². The summed E-state index contributed by atoms with van der Waals surface area (Å²) in [6.45, 7) is 9.55. The summed E-state index contributed by atoms with van der Waals surface area (Å²) < 4.78 is 68.1. The van der Waals surface area contributed by atoms with Gasteiger partial charge in [0.05, 0.1) is 26.4 Å². The molecule has 0 fully saturated rings. The molecule has 0 aromatic heterocycles. The maximum Gasteiger partial charge on any atom is 0.472 e. The lowest BCUT2D eigenvalue weighted by Crippen LogP contribution is -2.30. The zero-order valence-electron chi connectivity index (χ0n) is 60.6. The summed E-state index contributed by atoms with van der Waals surface area (Å²) >= 11 is 0. The van der Waals surface area contributed by atoms with E-state index in [1.807, 2.05) is 0 Å². The number of esters is 4. The molecular formula is C74H144O17P2. The van der Waals surface area contributed by atoms with E-state index in [0.717, 1.165) is 115 Å². The summed E-state index contributed by atoms with van der Waals surface area (Å²) in [5.74, 6) is -0.457. The molecule has 19 heteroatoms. The Kier molecular flexibility index (Phi) is 64.6. The Morgan fingerprint density at radius 3 is 0.817 bits per heavy atom. The molecule has 3 unspecified atom stereocenters. The lowest BCUT2D eigenvalue weighted by atomic mass is 9.99. The van der Waals surface area contributed by atoms with Crippen LogP contribution >= 0.6 is 15.6 Å². The van der Waals surface area contributed by atoms with Gasteiger partial charge in [0, 0.05) is 25.7 Å². The van der Waals surface area contributed by atoms with E-state index in [2.05, 4.69) is 41.5 Å². The number of phosphoric acid groups is 2. The third-order valence-electron chi connectivity index (χ3n) is 17.6. The molecule has 3 N–H and O–H groups in total. The lowest BCUT2D eigenvalue weighted by Gasteiger charge is -2.21. The van der Waals surface area contributed by atoms with Crippen molar-refractivity contribution in [3.63, 3.8) is 0 Å². The smallest absolute Gasteiger partial charge is 0.462 e.